The van der Waals surface area contributed by atoms with Crippen molar-refractivity contribution < 1.29 is 27.1 Å². The van der Waals surface area contributed by atoms with Crippen LogP contribution in [0.4, 0.5) is 20.2 Å². The molecule has 0 amide bonds. The summed E-state index contributed by atoms with van der Waals surface area (Å²) in [5.74, 6) is -3.53. The number of nitrogens with two attached hydrogens (primary N) is 1. The Bertz CT molecular complexity index is 1460. The standard InChI is InChI=1S/C22H22F2N4O5S/c1-2-27-11-16(22(30)31)21(29)15-9-17(23)20(18(24)19(15)27)28-8-7-13(10-28)26-34(32,33)14-5-3-12(25)4-6-14/h3-6,9,11,13,26H,2,7-8,10,25H2,1H3,(H,30,31). The van der Waals surface area contributed by atoms with Crippen LogP contribution in [0.3, 0.4) is 0 Å². The van der Waals surface area contributed by atoms with Crippen molar-refractivity contribution >= 4 is 38.3 Å². The fourth-order valence-corrected chi connectivity index (χ4v) is 5.42. The normalized spacial score (nSPS) is 16.3. The first-order valence-electron chi connectivity index (χ1n) is 10.4. The smallest absolute Gasteiger partial charge is 0.341 e. The lowest BCUT2D eigenvalue weighted by Gasteiger charge is -2.22. The Hall–Kier alpha value is -3.51. The topological polar surface area (TPSA) is 135 Å². The van der Waals surface area contributed by atoms with Crippen molar-refractivity contribution in [1.82, 2.24) is 9.29 Å². The van der Waals surface area contributed by atoms with Gasteiger partial charge in [-0.15, -0.1) is 0 Å². The van der Waals surface area contributed by atoms with Gasteiger partial charge in [0, 0.05) is 37.6 Å². The van der Waals surface area contributed by atoms with Crippen molar-refractivity contribution in [2.75, 3.05) is 23.7 Å². The van der Waals surface area contributed by atoms with Crippen molar-refractivity contribution in [1.29, 1.82) is 0 Å². The Morgan fingerprint density at radius 2 is 1.94 bits per heavy atom. The van der Waals surface area contributed by atoms with Crippen molar-refractivity contribution in [3.8, 4) is 0 Å². The number of hydrogen-bond donors (Lipinski definition) is 3. The van der Waals surface area contributed by atoms with E-state index in [4.69, 9.17) is 5.73 Å². The lowest BCUT2D eigenvalue weighted by molar-refractivity contribution is 0.0694. The maximum Gasteiger partial charge on any atom is 0.341 e. The van der Waals surface area contributed by atoms with Crippen molar-refractivity contribution in [3.63, 3.8) is 0 Å². The number of pyridine rings is 1. The summed E-state index contributed by atoms with van der Waals surface area (Å²) < 4.78 is 59.7. The summed E-state index contributed by atoms with van der Waals surface area (Å²) in [5.41, 5.74) is 3.84. The third-order valence-electron chi connectivity index (χ3n) is 5.82. The number of nitrogens with zero attached hydrogens (tertiary/aromatic N) is 2. The molecule has 3 aromatic rings. The molecule has 0 aliphatic carbocycles. The number of sulfonamides is 1. The van der Waals surface area contributed by atoms with Gasteiger partial charge in [0.2, 0.25) is 15.5 Å². The lowest BCUT2D eigenvalue weighted by atomic mass is 10.1. The Morgan fingerprint density at radius 1 is 1.26 bits per heavy atom. The number of halogens is 2. The predicted octanol–water partition coefficient (Wildman–Crippen LogP) is 2.14. The van der Waals surface area contributed by atoms with E-state index in [1.54, 1.807) is 6.92 Å². The number of carboxylic acids is 1. The van der Waals surface area contributed by atoms with Gasteiger partial charge < -0.3 is 20.3 Å². The van der Waals surface area contributed by atoms with Crippen LogP contribution in [0.25, 0.3) is 10.9 Å². The van der Waals surface area contributed by atoms with Gasteiger partial charge in [-0.1, -0.05) is 0 Å². The second-order valence-electron chi connectivity index (χ2n) is 8.00. The first-order valence-corrected chi connectivity index (χ1v) is 11.9. The molecule has 1 fully saturated rings. The molecule has 0 bridgehead atoms. The molecule has 2 aromatic carbocycles. The highest BCUT2D eigenvalue weighted by Gasteiger charge is 2.32. The molecule has 0 spiro atoms. The SMILES string of the molecule is CCn1cc(C(=O)O)c(=O)c2cc(F)c(N3CCC(NS(=O)(=O)c4ccc(N)cc4)C3)c(F)c21. The average Bonchev–Trinajstić information content (AvgIpc) is 3.21. The minimum absolute atomic E-state index is 0.00286. The molecule has 12 heteroatoms. The Morgan fingerprint density at radius 3 is 2.56 bits per heavy atom. The van der Waals surface area contributed by atoms with Crippen LogP contribution in [0.1, 0.15) is 23.7 Å². The molecule has 1 aliphatic rings. The number of aromatic nitrogens is 1. The van der Waals surface area contributed by atoms with Crippen LogP contribution in [-0.4, -0.2) is 43.2 Å². The summed E-state index contributed by atoms with van der Waals surface area (Å²) in [5, 5.41) is 8.88. The average molecular weight is 493 g/mol. The zero-order valence-electron chi connectivity index (χ0n) is 18.1. The number of carboxylic acid groups (broad SMARTS) is 1. The van der Waals surface area contributed by atoms with E-state index in [1.165, 1.54) is 33.7 Å². The van der Waals surface area contributed by atoms with Gasteiger partial charge in [-0.2, -0.15) is 0 Å². The molecule has 0 radical (unpaired) electrons. The van der Waals surface area contributed by atoms with Crippen LogP contribution < -0.4 is 20.8 Å². The maximum absolute atomic E-state index is 15.6. The van der Waals surface area contributed by atoms with Crippen LogP contribution in [0.5, 0.6) is 0 Å². The largest absolute Gasteiger partial charge is 0.477 e. The molecule has 2 heterocycles. The fraction of sp³-hybridized carbons (Fsp3) is 0.273. The van der Waals surface area contributed by atoms with E-state index < -0.39 is 50.3 Å². The third kappa shape index (κ3) is 4.10. The Labute approximate surface area is 193 Å². The highest BCUT2D eigenvalue weighted by molar-refractivity contribution is 7.89. The molecule has 1 atom stereocenters. The molecule has 9 nitrogen and oxygen atoms in total. The van der Waals surface area contributed by atoms with Crippen LogP contribution in [0, 0.1) is 11.6 Å². The van der Waals surface area contributed by atoms with Gasteiger partial charge in [0.25, 0.3) is 0 Å². The van der Waals surface area contributed by atoms with Crippen molar-refractivity contribution in [2.24, 2.45) is 0 Å². The third-order valence-corrected chi connectivity index (χ3v) is 7.35. The number of aryl methyl sites for hydroxylation is 1. The van der Waals surface area contributed by atoms with E-state index in [9.17, 15) is 23.1 Å². The first-order chi connectivity index (χ1) is 16.0. The Balaban J connectivity index is 1.68. The fourth-order valence-electron chi connectivity index (χ4n) is 4.16. The van der Waals surface area contributed by atoms with Crippen molar-refractivity contribution in [2.45, 2.75) is 30.8 Å². The summed E-state index contributed by atoms with van der Waals surface area (Å²) in [6.45, 7) is 1.94. The van der Waals surface area contributed by atoms with E-state index in [0.29, 0.717) is 12.1 Å². The van der Waals surface area contributed by atoms with E-state index in [2.05, 4.69) is 4.72 Å². The summed E-state index contributed by atoms with van der Waals surface area (Å²) in [7, 11) is -3.87. The summed E-state index contributed by atoms with van der Waals surface area (Å²) in [6, 6.07) is 5.86. The first kappa shape index (κ1) is 23.6. The van der Waals surface area contributed by atoms with Gasteiger partial charge in [-0.25, -0.2) is 26.7 Å². The molecule has 180 valence electrons. The minimum Gasteiger partial charge on any atom is -0.477 e. The number of benzene rings is 2. The molecule has 1 aromatic heterocycles. The van der Waals surface area contributed by atoms with Crippen LogP contribution in [0.15, 0.2) is 46.2 Å². The zero-order chi connectivity index (χ0) is 24.8. The summed E-state index contributed by atoms with van der Waals surface area (Å²) in [4.78, 5) is 25.3. The van der Waals surface area contributed by atoms with E-state index in [-0.39, 0.29) is 35.4 Å². The summed E-state index contributed by atoms with van der Waals surface area (Å²) in [6.07, 6.45) is 1.33. The molecule has 1 unspecified atom stereocenters. The minimum atomic E-state index is -3.87. The molecule has 34 heavy (non-hydrogen) atoms. The molecule has 1 saturated heterocycles. The highest BCUT2D eigenvalue weighted by Crippen LogP contribution is 2.32. The van der Waals surface area contributed by atoms with Gasteiger partial charge in [-0.05, 0) is 43.7 Å². The number of aromatic carboxylic acids is 1. The van der Waals surface area contributed by atoms with Crippen LogP contribution >= 0.6 is 0 Å². The zero-order valence-corrected chi connectivity index (χ0v) is 18.9. The number of hydrogen-bond acceptors (Lipinski definition) is 6. The number of rotatable bonds is 6. The number of carbonyl (C=O) groups is 1. The predicted molar refractivity (Wildman–Crippen MR) is 123 cm³/mol. The highest BCUT2D eigenvalue weighted by atomic mass is 32.2. The van der Waals surface area contributed by atoms with Gasteiger partial charge in [0.15, 0.2) is 5.82 Å². The van der Waals surface area contributed by atoms with E-state index in [1.807, 2.05) is 0 Å². The van der Waals surface area contributed by atoms with Gasteiger partial charge in [-0.3, -0.25) is 4.79 Å². The number of nitrogens with one attached hydrogen (secondary N) is 1. The molecular formula is C22H22F2N4O5S. The quantitative estimate of drug-likeness (QED) is 0.449. The van der Waals surface area contributed by atoms with Crippen LogP contribution in [0.2, 0.25) is 0 Å². The van der Waals surface area contributed by atoms with Gasteiger partial charge in [0.05, 0.1) is 15.8 Å². The second kappa shape index (κ2) is 8.69. The number of anilines is 2. The van der Waals surface area contributed by atoms with E-state index in [0.717, 1.165) is 12.3 Å². The summed E-state index contributed by atoms with van der Waals surface area (Å²) >= 11 is 0. The van der Waals surface area contributed by atoms with Crippen molar-refractivity contribution in [3.05, 3.63) is 63.9 Å². The molecule has 4 N–H and O–H groups in total. The second-order valence-corrected chi connectivity index (χ2v) is 9.72. The molecule has 0 saturated carbocycles. The van der Waals surface area contributed by atoms with E-state index >= 15 is 8.78 Å². The maximum atomic E-state index is 15.6. The number of nitrogen functional groups attached to an aromatic ring is 1. The monoisotopic (exact) mass is 492 g/mol. The van der Waals surface area contributed by atoms with Crippen LogP contribution in [-0.2, 0) is 16.6 Å². The van der Waals surface area contributed by atoms with Gasteiger partial charge in [0.1, 0.15) is 17.1 Å². The molecule has 4 rings (SSSR count). The molecule has 1 aliphatic heterocycles. The Kier molecular flexibility index (Phi) is 6.04. The number of fused-ring (bicyclic) bond motifs is 1. The lowest BCUT2D eigenvalue weighted by Crippen LogP contribution is -2.37. The molecular weight excluding hydrogens is 470 g/mol. The van der Waals surface area contributed by atoms with Gasteiger partial charge >= 0.3 is 5.97 Å².